The Morgan fingerprint density at radius 1 is 1.21 bits per heavy atom. The number of ether oxygens (including phenoxy) is 1. The normalized spacial score (nSPS) is 19.4. The van der Waals surface area contributed by atoms with Crippen molar-refractivity contribution in [2.75, 3.05) is 24.6 Å². The van der Waals surface area contributed by atoms with Crippen LogP contribution in [0.4, 0.5) is 5.95 Å². The number of aryl methyl sites for hydroxylation is 2. The second-order valence-electron chi connectivity index (χ2n) is 9.00. The van der Waals surface area contributed by atoms with Gasteiger partial charge in [-0.25, -0.2) is 4.98 Å². The fraction of sp³-hybridized carbons (Fsp3) is 0.360. The predicted octanol–water partition coefficient (Wildman–Crippen LogP) is 3.40. The summed E-state index contributed by atoms with van der Waals surface area (Å²) in [7, 11) is 0. The number of imidazole rings is 1. The van der Waals surface area contributed by atoms with Crippen LogP contribution in [0.1, 0.15) is 36.5 Å². The molecule has 1 saturated heterocycles. The molecule has 1 N–H and O–H groups in total. The van der Waals surface area contributed by atoms with Gasteiger partial charge in [-0.1, -0.05) is 11.2 Å². The molecule has 4 aromatic rings. The molecule has 0 bridgehead atoms. The summed E-state index contributed by atoms with van der Waals surface area (Å²) < 4.78 is 14.1. The zero-order valence-electron chi connectivity index (χ0n) is 19.4. The molecule has 0 unspecified atom stereocenters. The molecule has 0 spiro atoms. The van der Waals surface area contributed by atoms with Crippen LogP contribution in [-0.4, -0.2) is 51.3 Å². The first-order valence-corrected chi connectivity index (χ1v) is 11.5. The summed E-state index contributed by atoms with van der Waals surface area (Å²) >= 11 is 0. The van der Waals surface area contributed by atoms with Crippen LogP contribution in [0.5, 0.6) is 5.75 Å². The van der Waals surface area contributed by atoms with Gasteiger partial charge >= 0.3 is 0 Å². The van der Waals surface area contributed by atoms with Crippen LogP contribution in [0.3, 0.4) is 0 Å². The molecular weight excluding hydrogens is 432 g/mol. The average molecular weight is 459 g/mol. The first-order chi connectivity index (χ1) is 16.5. The van der Waals surface area contributed by atoms with Gasteiger partial charge in [-0.2, -0.15) is 0 Å². The summed E-state index contributed by atoms with van der Waals surface area (Å²) in [6.07, 6.45) is 2.69. The number of nitrogens with zero attached hydrogens (tertiary/aromatic N) is 5. The molecule has 174 valence electrons. The lowest BCUT2D eigenvalue weighted by Crippen LogP contribution is -2.36. The van der Waals surface area contributed by atoms with Gasteiger partial charge < -0.3 is 19.5 Å². The lowest BCUT2D eigenvalue weighted by atomic mass is 10.0. The number of aromatic nitrogens is 4. The molecule has 34 heavy (non-hydrogen) atoms. The summed E-state index contributed by atoms with van der Waals surface area (Å²) in [5, 5.41) is 7.19. The van der Waals surface area contributed by atoms with Crippen LogP contribution >= 0.6 is 0 Å². The highest BCUT2D eigenvalue weighted by atomic mass is 16.5. The fourth-order valence-electron chi connectivity index (χ4n) is 5.25. The van der Waals surface area contributed by atoms with E-state index in [0.717, 1.165) is 64.0 Å². The molecule has 0 aliphatic carbocycles. The third-order valence-electron chi connectivity index (χ3n) is 6.69. The number of carbonyl (C=O) groups is 1. The Bertz CT molecular complexity index is 1370. The minimum atomic E-state index is -0.117. The Kier molecular flexibility index (Phi) is 4.79. The fourth-order valence-corrected chi connectivity index (χ4v) is 5.25. The van der Waals surface area contributed by atoms with Crippen molar-refractivity contribution in [3.63, 3.8) is 0 Å². The van der Waals surface area contributed by atoms with Gasteiger partial charge in [0.05, 0.1) is 22.5 Å². The van der Waals surface area contributed by atoms with Gasteiger partial charge in [0.25, 0.3) is 0 Å². The number of anilines is 1. The quantitative estimate of drug-likeness (QED) is 0.500. The standard InChI is InChI=1S/C25H26N6O3/c1-14-22(15(2)34-29-14)18-7-8-20-23-24(18)33-13-21(19-6-4-5-10-26-19)31(23)25(28-20)30-11-9-17(12-30)27-16(3)32/h4-8,10,17,21H,9,11-13H2,1-3H3,(H,27,32)/t17-,21-/m0/s1. The van der Waals surface area contributed by atoms with E-state index in [1.54, 1.807) is 6.92 Å². The van der Waals surface area contributed by atoms with E-state index in [4.69, 9.17) is 14.2 Å². The molecule has 3 aromatic heterocycles. The molecule has 1 amide bonds. The Hall–Kier alpha value is -3.88. The van der Waals surface area contributed by atoms with Crippen LogP contribution in [0.25, 0.3) is 22.2 Å². The lowest BCUT2D eigenvalue weighted by Gasteiger charge is -2.30. The minimum Gasteiger partial charge on any atom is -0.488 e. The third-order valence-corrected chi connectivity index (χ3v) is 6.69. The van der Waals surface area contributed by atoms with E-state index in [0.29, 0.717) is 13.2 Å². The molecule has 1 fully saturated rings. The number of carbonyl (C=O) groups excluding carboxylic acids is 1. The van der Waals surface area contributed by atoms with Crippen molar-refractivity contribution >= 4 is 22.9 Å². The van der Waals surface area contributed by atoms with Crippen LogP contribution in [-0.2, 0) is 4.79 Å². The monoisotopic (exact) mass is 458 g/mol. The van der Waals surface area contributed by atoms with E-state index < -0.39 is 0 Å². The van der Waals surface area contributed by atoms with Gasteiger partial charge in [0.2, 0.25) is 11.9 Å². The van der Waals surface area contributed by atoms with Gasteiger partial charge in [0, 0.05) is 37.8 Å². The highest BCUT2D eigenvalue weighted by Gasteiger charge is 2.35. The van der Waals surface area contributed by atoms with Crippen LogP contribution in [0.2, 0.25) is 0 Å². The van der Waals surface area contributed by atoms with Gasteiger partial charge in [-0.15, -0.1) is 0 Å². The van der Waals surface area contributed by atoms with Crippen LogP contribution < -0.4 is 15.0 Å². The Labute approximate surface area is 196 Å². The van der Waals surface area contributed by atoms with Crippen molar-refractivity contribution in [1.29, 1.82) is 0 Å². The SMILES string of the molecule is CC(=O)N[C@H]1CCN(c2nc3ccc(-c4c(C)noc4C)c4c3n2[C@H](c2ccccn2)CO4)C1. The number of hydrogen-bond donors (Lipinski definition) is 1. The number of hydrogen-bond acceptors (Lipinski definition) is 7. The van der Waals surface area contributed by atoms with Crippen LogP contribution in [0.15, 0.2) is 41.1 Å². The van der Waals surface area contributed by atoms with Gasteiger partial charge in [0.1, 0.15) is 23.9 Å². The van der Waals surface area contributed by atoms with Gasteiger partial charge in [-0.3, -0.25) is 14.3 Å². The molecule has 0 radical (unpaired) electrons. The lowest BCUT2D eigenvalue weighted by molar-refractivity contribution is -0.119. The average Bonchev–Trinajstić information content (AvgIpc) is 3.53. The molecule has 5 heterocycles. The summed E-state index contributed by atoms with van der Waals surface area (Å²) in [6, 6.07) is 10.00. The molecule has 2 atom stereocenters. The summed E-state index contributed by atoms with van der Waals surface area (Å²) in [4.78, 5) is 23.6. The number of amides is 1. The van der Waals surface area contributed by atoms with E-state index in [1.807, 2.05) is 50.4 Å². The van der Waals surface area contributed by atoms with Crippen molar-refractivity contribution in [1.82, 2.24) is 25.0 Å². The zero-order valence-corrected chi connectivity index (χ0v) is 19.4. The zero-order chi connectivity index (χ0) is 23.4. The summed E-state index contributed by atoms with van der Waals surface area (Å²) in [6.45, 7) is 7.39. The number of benzene rings is 1. The minimum absolute atomic E-state index is 0.00683. The van der Waals surface area contributed by atoms with Crippen molar-refractivity contribution in [2.24, 2.45) is 0 Å². The number of pyridine rings is 1. The topological polar surface area (TPSA) is 98.3 Å². The molecule has 6 rings (SSSR count). The molecule has 0 saturated carbocycles. The van der Waals surface area contributed by atoms with E-state index in [-0.39, 0.29) is 18.0 Å². The molecule has 2 aliphatic heterocycles. The second kappa shape index (κ2) is 7.86. The molecule has 2 aliphatic rings. The number of nitrogens with one attached hydrogen (secondary N) is 1. The highest BCUT2D eigenvalue weighted by Crippen LogP contribution is 2.46. The maximum Gasteiger partial charge on any atom is 0.217 e. The summed E-state index contributed by atoms with van der Waals surface area (Å²) in [5.41, 5.74) is 5.46. The van der Waals surface area contributed by atoms with Crippen LogP contribution in [0, 0.1) is 13.8 Å². The largest absolute Gasteiger partial charge is 0.488 e. The van der Waals surface area contributed by atoms with Crippen molar-refractivity contribution in [3.05, 3.63) is 53.7 Å². The van der Waals surface area contributed by atoms with Gasteiger partial charge in [0.15, 0.2) is 5.75 Å². The van der Waals surface area contributed by atoms with E-state index in [9.17, 15) is 4.79 Å². The van der Waals surface area contributed by atoms with E-state index >= 15 is 0 Å². The van der Waals surface area contributed by atoms with E-state index in [2.05, 4.69) is 24.9 Å². The molecular formula is C25H26N6O3. The van der Waals surface area contributed by atoms with Crippen molar-refractivity contribution in [3.8, 4) is 16.9 Å². The second-order valence-corrected chi connectivity index (χ2v) is 9.00. The maximum absolute atomic E-state index is 11.6. The first-order valence-electron chi connectivity index (χ1n) is 11.5. The third kappa shape index (κ3) is 3.22. The molecule has 1 aromatic carbocycles. The Morgan fingerprint density at radius 3 is 2.82 bits per heavy atom. The highest BCUT2D eigenvalue weighted by molar-refractivity contribution is 5.94. The number of rotatable bonds is 4. The Morgan fingerprint density at radius 2 is 2.09 bits per heavy atom. The van der Waals surface area contributed by atoms with Crippen molar-refractivity contribution < 1.29 is 14.1 Å². The van der Waals surface area contributed by atoms with Crippen molar-refractivity contribution in [2.45, 2.75) is 39.3 Å². The molecule has 9 nitrogen and oxygen atoms in total. The van der Waals surface area contributed by atoms with Gasteiger partial charge in [-0.05, 0) is 44.5 Å². The Balaban J connectivity index is 1.54. The maximum atomic E-state index is 11.6. The molecule has 9 heteroatoms. The predicted molar refractivity (Wildman–Crippen MR) is 127 cm³/mol. The smallest absolute Gasteiger partial charge is 0.217 e. The summed E-state index contributed by atoms with van der Waals surface area (Å²) in [5.74, 6) is 2.41. The first kappa shape index (κ1) is 20.7. The van der Waals surface area contributed by atoms with E-state index in [1.165, 1.54) is 0 Å².